The van der Waals surface area contributed by atoms with Crippen LogP contribution in [0.25, 0.3) is 10.9 Å². The van der Waals surface area contributed by atoms with Gasteiger partial charge in [-0.05, 0) is 37.1 Å². The lowest BCUT2D eigenvalue weighted by molar-refractivity contribution is -0.383. The molecule has 1 aromatic heterocycles. The van der Waals surface area contributed by atoms with Gasteiger partial charge in [-0.3, -0.25) is 15.1 Å². The van der Waals surface area contributed by atoms with Crippen molar-refractivity contribution >= 4 is 16.6 Å². The molecular formula is C13H14N2O2. The van der Waals surface area contributed by atoms with Crippen molar-refractivity contribution in [3.05, 3.63) is 46.1 Å². The smallest absolute Gasteiger partial charge is 0.258 e. The normalized spacial score (nSPS) is 10.6. The van der Waals surface area contributed by atoms with Gasteiger partial charge in [0.05, 0.1) is 15.8 Å². The summed E-state index contributed by atoms with van der Waals surface area (Å²) in [7, 11) is 0. The Morgan fingerprint density at radius 2 is 2.18 bits per heavy atom. The van der Waals surface area contributed by atoms with E-state index in [2.05, 4.69) is 11.9 Å². The van der Waals surface area contributed by atoms with E-state index in [4.69, 9.17) is 0 Å². The lowest BCUT2D eigenvalue weighted by Crippen LogP contribution is -1.97. The molecule has 0 aliphatic carbocycles. The van der Waals surface area contributed by atoms with E-state index in [-0.39, 0.29) is 10.6 Å². The number of hydrogen-bond acceptors (Lipinski definition) is 3. The number of nitrogens with zero attached hydrogens (tertiary/aromatic N) is 2. The van der Waals surface area contributed by atoms with Gasteiger partial charge in [0, 0.05) is 11.8 Å². The van der Waals surface area contributed by atoms with Crippen LogP contribution in [0.2, 0.25) is 0 Å². The molecule has 2 rings (SSSR count). The fourth-order valence-corrected chi connectivity index (χ4v) is 1.97. The van der Waals surface area contributed by atoms with Crippen LogP contribution in [0.1, 0.15) is 25.3 Å². The first kappa shape index (κ1) is 11.5. The third-order valence-electron chi connectivity index (χ3n) is 2.82. The van der Waals surface area contributed by atoms with E-state index < -0.39 is 0 Å². The SMILES string of the molecule is CCCCc1ccc2ncccc2c1[N+](=O)[O-]. The van der Waals surface area contributed by atoms with Crippen molar-refractivity contribution in [3.63, 3.8) is 0 Å². The number of hydrogen-bond donors (Lipinski definition) is 0. The molecule has 0 aliphatic heterocycles. The minimum absolute atomic E-state index is 0.212. The number of fused-ring (bicyclic) bond motifs is 1. The number of benzene rings is 1. The van der Waals surface area contributed by atoms with Gasteiger partial charge < -0.3 is 0 Å². The summed E-state index contributed by atoms with van der Waals surface area (Å²) in [5.74, 6) is 0. The first-order valence-electron chi connectivity index (χ1n) is 5.75. The summed E-state index contributed by atoms with van der Waals surface area (Å²) in [5, 5.41) is 11.8. The fraction of sp³-hybridized carbons (Fsp3) is 0.308. The Kier molecular flexibility index (Phi) is 3.32. The van der Waals surface area contributed by atoms with Crippen LogP contribution >= 0.6 is 0 Å². The highest BCUT2D eigenvalue weighted by Crippen LogP contribution is 2.29. The minimum Gasteiger partial charge on any atom is -0.258 e. The molecule has 88 valence electrons. The molecule has 0 spiro atoms. The Morgan fingerprint density at radius 3 is 2.88 bits per heavy atom. The summed E-state index contributed by atoms with van der Waals surface area (Å²) in [6.07, 6.45) is 4.39. The number of pyridine rings is 1. The second-order valence-electron chi connectivity index (χ2n) is 4.00. The van der Waals surface area contributed by atoms with E-state index in [1.807, 2.05) is 12.1 Å². The second kappa shape index (κ2) is 4.91. The van der Waals surface area contributed by atoms with Crippen LogP contribution in [-0.2, 0) is 6.42 Å². The average Bonchev–Trinajstić information content (AvgIpc) is 2.35. The van der Waals surface area contributed by atoms with E-state index in [1.165, 1.54) is 0 Å². The third kappa shape index (κ3) is 2.25. The zero-order chi connectivity index (χ0) is 12.3. The Morgan fingerprint density at radius 1 is 1.35 bits per heavy atom. The number of aromatic nitrogens is 1. The van der Waals surface area contributed by atoms with Gasteiger partial charge in [0.15, 0.2) is 0 Å². The highest BCUT2D eigenvalue weighted by atomic mass is 16.6. The van der Waals surface area contributed by atoms with Crippen molar-refractivity contribution in [2.24, 2.45) is 0 Å². The highest BCUT2D eigenvalue weighted by molar-refractivity contribution is 5.89. The van der Waals surface area contributed by atoms with E-state index in [0.29, 0.717) is 10.9 Å². The van der Waals surface area contributed by atoms with E-state index >= 15 is 0 Å². The fourth-order valence-electron chi connectivity index (χ4n) is 1.97. The summed E-state index contributed by atoms with van der Waals surface area (Å²) >= 11 is 0. The number of aryl methyl sites for hydroxylation is 1. The molecule has 0 bridgehead atoms. The molecule has 2 aromatic rings. The molecule has 1 aromatic carbocycles. The van der Waals surface area contributed by atoms with E-state index in [9.17, 15) is 10.1 Å². The number of nitro groups is 1. The average molecular weight is 230 g/mol. The Bertz CT molecular complexity index is 552. The van der Waals surface area contributed by atoms with Gasteiger partial charge in [0.25, 0.3) is 5.69 Å². The van der Waals surface area contributed by atoms with Gasteiger partial charge in [-0.15, -0.1) is 0 Å². The lowest BCUT2D eigenvalue weighted by atomic mass is 10.0. The molecule has 0 unspecified atom stereocenters. The molecule has 0 saturated heterocycles. The first-order chi connectivity index (χ1) is 8.24. The van der Waals surface area contributed by atoms with Crippen molar-refractivity contribution in [2.45, 2.75) is 26.2 Å². The van der Waals surface area contributed by atoms with Crippen LogP contribution < -0.4 is 0 Å². The minimum atomic E-state index is -0.297. The Balaban J connectivity index is 2.60. The molecule has 0 atom stereocenters. The second-order valence-corrected chi connectivity index (χ2v) is 4.00. The highest BCUT2D eigenvalue weighted by Gasteiger charge is 2.17. The van der Waals surface area contributed by atoms with Crippen molar-refractivity contribution in [1.29, 1.82) is 0 Å². The standard InChI is InChI=1S/C13H14N2O2/c1-2-3-5-10-7-8-12-11(6-4-9-14-12)13(10)15(16)17/h4,6-9H,2-3,5H2,1H3. The van der Waals surface area contributed by atoms with Crippen molar-refractivity contribution in [3.8, 4) is 0 Å². The maximum atomic E-state index is 11.2. The van der Waals surface area contributed by atoms with Gasteiger partial charge in [-0.25, -0.2) is 0 Å². The predicted molar refractivity (Wildman–Crippen MR) is 67.0 cm³/mol. The number of nitro benzene ring substituents is 1. The van der Waals surface area contributed by atoms with Crippen LogP contribution in [0.5, 0.6) is 0 Å². The third-order valence-corrected chi connectivity index (χ3v) is 2.82. The van der Waals surface area contributed by atoms with Crippen LogP contribution in [0.4, 0.5) is 5.69 Å². The molecule has 4 heteroatoms. The number of unbranched alkanes of at least 4 members (excludes halogenated alkanes) is 1. The van der Waals surface area contributed by atoms with E-state index in [0.717, 1.165) is 24.8 Å². The van der Waals surface area contributed by atoms with Gasteiger partial charge in [-0.2, -0.15) is 0 Å². The first-order valence-corrected chi connectivity index (χ1v) is 5.75. The Hall–Kier alpha value is -1.97. The Labute approximate surface area is 99.4 Å². The molecular weight excluding hydrogens is 216 g/mol. The molecule has 0 fully saturated rings. The summed E-state index contributed by atoms with van der Waals surface area (Å²) in [5.41, 5.74) is 1.70. The summed E-state index contributed by atoms with van der Waals surface area (Å²) < 4.78 is 0. The predicted octanol–water partition coefficient (Wildman–Crippen LogP) is 3.49. The van der Waals surface area contributed by atoms with Crippen LogP contribution in [-0.4, -0.2) is 9.91 Å². The van der Waals surface area contributed by atoms with Crippen molar-refractivity contribution in [1.82, 2.24) is 4.98 Å². The quantitative estimate of drug-likeness (QED) is 0.596. The van der Waals surface area contributed by atoms with E-state index in [1.54, 1.807) is 18.3 Å². The molecule has 0 saturated carbocycles. The topological polar surface area (TPSA) is 56.0 Å². The molecule has 4 nitrogen and oxygen atoms in total. The van der Waals surface area contributed by atoms with Crippen LogP contribution in [0, 0.1) is 10.1 Å². The molecule has 0 aliphatic rings. The molecule has 0 radical (unpaired) electrons. The van der Waals surface area contributed by atoms with Crippen LogP contribution in [0.15, 0.2) is 30.5 Å². The molecule has 0 N–H and O–H groups in total. The van der Waals surface area contributed by atoms with Gasteiger partial charge in [0.1, 0.15) is 0 Å². The molecule has 17 heavy (non-hydrogen) atoms. The largest absolute Gasteiger partial charge is 0.281 e. The maximum absolute atomic E-state index is 11.2. The van der Waals surface area contributed by atoms with Gasteiger partial charge >= 0.3 is 0 Å². The zero-order valence-electron chi connectivity index (χ0n) is 9.72. The zero-order valence-corrected chi connectivity index (χ0v) is 9.72. The monoisotopic (exact) mass is 230 g/mol. The molecule has 0 amide bonds. The molecule has 1 heterocycles. The lowest BCUT2D eigenvalue weighted by Gasteiger charge is -2.05. The van der Waals surface area contributed by atoms with Crippen LogP contribution in [0.3, 0.4) is 0 Å². The van der Waals surface area contributed by atoms with Crippen molar-refractivity contribution in [2.75, 3.05) is 0 Å². The van der Waals surface area contributed by atoms with Gasteiger partial charge in [0.2, 0.25) is 0 Å². The van der Waals surface area contributed by atoms with Gasteiger partial charge in [-0.1, -0.05) is 13.3 Å². The maximum Gasteiger partial charge on any atom is 0.281 e. The summed E-state index contributed by atoms with van der Waals surface area (Å²) in [6, 6.07) is 7.17. The number of rotatable bonds is 4. The summed E-state index contributed by atoms with van der Waals surface area (Å²) in [6.45, 7) is 2.08. The van der Waals surface area contributed by atoms with Crippen molar-refractivity contribution < 1.29 is 4.92 Å². The summed E-state index contributed by atoms with van der Waals surface area (Å²) in [4.78, 5) is 15.0.